The Morgan fingerprint density at radius 1 is 1.71 bits per heavy atom. The van der Waals surface area contributed by atoms with E-state index in [4.69, 9.17) is 5.11 Å². The van der Waals surface area contributed by atoms with E-state index >= 15 is 0 Å². The van der Waals surface area contributed by atoms with Crippen LogP contribution in [0.1, 0.15) is 0 Å². The fourth-order valence-electron chi connectivity index (χ4n) is 0.151. The second-order valence-electron chi connectivity index (χ2n) is 0.962. The van der Waals surface area contributed by atoms with Crippen LogP contribution in [0.15, 0.2) is 0 Å². The summed E-state index contributed by atoms with van der Waals surface area (Å²) in [6, 6.07) is 0. The van der Waals surface area contributed by atoms with Crippen molar-refractivity contribution in [3.05, 3.63) is 0 Å². The van der Waals surface area contributed by atoms with Crippen LogP contribution in [0.25, 0.3) is 0 Å². The largest absolute Gasteiger partial charge is 0.383 e. The molecule has 1 unspecified atom stereocenters. The molecule has 0 radical (unpaired) electrons. The number of aliphatic hydroxyl groups excluding tert-OH is 1. The lowest BCUT2D eigenvalue weighted by molar-refractivity contribution is 0.367. The van der Waals surface area contributed by atoms with Crippen molar-refractivity contribution in [1.29, 1.82) is 0 Å². The molecule has 0 aliphatic heterocycles. The number of rotatable bonds is 3. The lowest BCUT2D eigenvalue weighted by Crippen LogP contribution is -2.02. The van der Waals surface area contributed by atoms with E-state index < -0.39 is 23.4 Å². The summed E-state index contributed by atoms with van der Waals surface area (Å²) in [6.45, 7) is -0.618. The summed E-state index contributed by atoms with van der Waals surface area (Å²) < 4.78 is 21.2. The van der Waals surface area contributed by atoms with Gasteiger partial charge in [0, 0.05) is 10.8 Å². The predicted molar refractivity (Wildman–Crippen MR) is 26.1 cm³/mol. The van der Waals surface area contributed by atoms with Crippen molar-refractivity contribution >= 4 is 10.8 Å². The zero-order valence-corrected chi connectivity index (χ0v) is 4.58. The second-order valence-corrected chi connectivity index (χ2v) is 2.51. The van der Waals surface area contributed by atoms with Gasteiger partial charge in [0.2, 0.25) is 0 Å². The Bertz CT molecular complexity index is 66.0. The summed E-state index contributed by atoms with van der Waals surface area (Å²) >= 11 is 0. The summed E-state index contributed by atoms with van der Waals surface area (Å²) in [4.78, 5) is 0. The Balaban J connectivity index is 3.00. The molecule has 1 atom stereocenters. The van der Waals surface area contributed by atoms with Crippen LogP contribution in [-0.2, 0) is 10.8 Å². The average molecular weight is 126 g/mol. The highest BCUT2D eigenvalue weighted by molar-refractivity contribution is 7.84. The van der Waals surface area contributed by atoms with E-state index in [1.807, 2.05) is 0 Å². The maximum Gasteiger partial charge on any atom is 0.118 e. The summed E-state index contributed by atoms with van der Waals surface area (Å²) in [7, 11) is -1.35. The maximum absolute atomic E-state index is 11.1. The molecule has 0 aromatic carbocycles. The molecule has 7 heavy (non-hydrogen) atoms. The highest BCUT2D eigenvalue weighted by Gasteiger charge is 1.92. The summed E-state index contributed by atoms with van der Waals surface area (Å²) in [6.07, 6.45) is 0. The molecule has 0 aliphatic rings. The highest BCUT2D eigenvalue weighted by atomic mass is 32.2. The Kier molecular flexibility index (Phi) is 4.23. The van der Waals surface area contributed by atoms with Crippen LogP contribution in [0.2, 0.25) is 0 Å². The average Bonchev–Trinajstić information content (AvgIpc) is 1.68. The highest BCUT2D eigenvalue weighted by Crippen LogP contribution is 1.77. The van der Waals surface area contributed by atoms with E-state index in [9.17, 15) is 8.60 Å². The van der Waals surface area contributed by atoms with Gasteiger partial charge in [-0.1, -0.05) is 0 Å². The second kappa shape index (κ2) is 4.21. The first-order valence-corrected chi connectivity index (χ1v) is 3.32. The molecule has 0 rings (SSSR count). The van der Waals surface area contributed by atoms with Gasteiger partial charge in [0.05, 0.1) is 5.75 Å². The summed E-state index contributed by atoms with van der Waals surface area (Å²) in [5, 5.41) is 8.00. The molecule has 0 saturated carbocycles. The van der Waals surface area contributed by atoms with Crippen LogP contribution in [0, 0.1) is 0 Å². The van der Waals surface area contributed by atoms with E-state index in [0.717, 1.165) is 0 Å². The van der Waals surface area contributed by atoms with Gasteiger partial charge in [0.15, 0.2) is 0 Å². The zero-order valence-electron chi connectivity index (χ0n) is 3.76. The van der Waals surface area contributed by atoms with Crippen molar-refractivity contribution in [2.24, 2.45) is 0 Å². The van der Waals surface area contributed by atoms with Crippen LogP contribution < -0.4 is 0 Å². The lowest BCUT2D eigenvalue weighted by Gasteiger charge is -1.87. The number of halogens is 1. The smallest absolute Gasteiger partial charge is 0.118 e. The standard InChI is InChI=1S/C3H7FO2S/c4-1-2-7(6)3-5/h5H,1-3H2. The molecule has 0 bridgehead atoms. The minimum Gasteiger partial charge on any atom is -0.383 e. The topological polar surface area (TPSA) is 37.3 Å². The third-order valence-electron chi connectivity index (χ3n) is 0.449. The van der Waals surface area contributed by atoms with E-state index in [0.29, 0.717) is 0 Å². The molecule has 44 valence electrons. The third kappa shape index (κ3) is 3.88. The number of alkyl halides is 1. The number of aliphatic hydroxyl groups is 1. The first kappa shape index (κ1) is 7.04. The van der Waals surface area contributed by atoms with Crippen molar-refractivity contribution in [2.45, 2.75) is 0 Å². The first-order chi connectivity index (χ1) is 3.31. The zero-order chi connectivity index (χ0) is 5.70. The summed E-state index contributed by atoms with van der Waals surface area (Å²) in [5.41, 5.74) is 0. The lowest BCUT2D eigenvalue weighted by atomic mass is 10.9. The minimum absolute atomic E-state index is 0.0451. The number of hydrogen-bond acceptors (Lipinski definition) is 2. The van der Waals surface area contributed by atoms with Crippen LogP contribution in [-0.4, -0.2) is 27.7 Å². The predicted octanol–water partition coefficient (Wildman–Crippen LogP) is -0.346. The van der Waals surface area contributed by atoms with Crippen molar-refractivity contribution in [3.63, 3.8) is 0 Å². The van der Waals surface area contributed by atoms with E-state index in [-0.39, 0.29) is 5.75 Å². The van der Waals surface area contributed by atoms with Gasteiger partial charge in [0.1, 0.15) is 12.6 Å². The molecule has 0 aromatic rings. The van der Waals surface area contributed by atoms with Gasteiger partial charge >= 0.3 is 0 Å². The third-order valence-corrected chi connectivity index (χ3v) is 1.35. The fourth-order valence-corrected chi connectivity index (χ4v) is 0.452. The molecule has 0 aromatic heterocycles. The van der Waals surface area contributed by atoms with Gasteiger partial charge in [0.25, 0.3) is 0 Å². The van der Waals surface area contributed by atoms with Gasteiger partial charge in [-0.15, -0.1) is 0 Å². The monoisotopic (exact) mass is 126 g/mol. The molecule has 0 heterocycles. The maximum atomic E-state index is 11.1. The van der Waals surface area contributed by atoms with Crippen molar-refractivity contribution < 1.29 is 13.7 Å². The molecule has 0 aliphatic carbocycles. The molecule has 1 N–H and O–H groups in total. The minimum atomic E-state index is -1.35. The van der Waals surface area contributed by atoms with Crippen molar-refractivity contribution in [1.82, 2.24) is 0 Å². The first-order valence-electron chi connectivity index (χ1n) is 1.83. The Labute approximate surface area is 43.8 Å². The van der Waals surface area contributed by atoms with Gasteiger partial charge in [-0.05, 0) is 0 Å². The molecule has 0 fully saturated rings. The number of hydrogen-bond donors (Lipinski definition) is 1. The van der Waals surface area contributed by atoms with E-state index in [2.05, 4.69) is 0 Å². The van der Waals surface area contributed by atoms with Gasteiger partial charge in [-0.3, -0.25) is 8.60 Å². The summed E-state index contributed by atoms with van der Waals surface area (Å²) in [5.74, 6) is -0.472. The van der Waals surface area contributed by atoms with Crippen LogP contribution in [0.3, 0.4) is 0 Å². The normalized spacial score (nSPS) is 14.0. The molecule has 0 saturated heterocycles. The van der Waals surface area contributed by atoms with Crippen molar-refractivity contribution in [2.75, 3.05) is 18.4 Å². The molecule has 0 spiro atoms. The molecule has 0 amide bonds. The Hall–Kier alpha value is 0.0400. The van der Waals surface area contributed by atoms with Crippen LogP contribution >= 0.6 is 0 Å². The van der Waals surface area contributed by atoms with Crippen LogP contribution in [0.4, 0.5) is 4.39 Å². The Morgan fingerprint density at radius 2 is 2.29 bits per heavy atom. The molecular formula is C3H7FO2S. The molecular weight excluding hydrogens is 119 g/mol. The SMILES string of the molecule is O=S(CO)CCF. The van der Waals surface area contributed by atoms with Crippen molar-refractivity contribution in [3.8, 4) is 0 Å². The molecule has 4 heteroatoms. The van der Waals surface area contributed by atoms with Gasteiger partial charge < -0.3 is 5.11 Å². The van der Waals surface area contributed by atoms with E-state index in [1.54, 1.807) is 0 Å². The Morgan fingerprint density at radius 3 is 2.43 bits per heavy atom. The fraction of sp³-hybridized carbons (Fsp3) is 1.00. The van der Waals surface area contributed by atoms with Crippen LogP contribution in [0.5, 0.6) is 0 Å². The molecule has 2 nitrogen and oxygen atoms in total. The van der Waals surface area contributed by atoms with Gasteiger partial charge in [-0.2, -0.15) is 0 Å². The quantitative estimate of drug-likeness (QED) is 0.561. The van der Waals surface area contributed by atoms with Gasteiger partial charge in [-0.25, -0.2) is 0 Å². The van der Waals surface area contributed by atoms with E-state index in [1.165, 1.54) is 0 Å².